The van der Waals surface area contributed by atoms with Gasteiger partial charge in [0.1, 0.15) is 0 Å². The van der Waals surface area contributed by atoms with Crippen molar-refractivity contribution in [3.63, 3.8) is 0 Å². The van der Waals surface area contributed by atoms with E-state index in [2.05, 4.69) is 47.5 Å². The molecule has 0 aliphatic carbocycles. The Morgan fingerprint density at radius 3 is 2.86 bits per heavy atom. The average Bonchev–Trinajstić information content (AvgIpc) is 3.14. The van der Waals surface area contributed by atoms with Gasteiger partial charge in [0.15, 0.2) is 5.13 Å². The lowest BCUT2D eigenvalue weighted by molar-refractivity contribution is 0.644. The minimum atomic E-state index is 0.669. The van der Waals surface area contributed by atoms with Gasteiger partial charge in [0.05, 0.1) is 5.69 Å². The molecule has 2 heterocycles. The van der Waals surface area contributed by atoms with Crippen LogP contribution in [0.15, 0.2) is 30.3 Å². The summed E-state index contributed by atoms with van der Waals surface area (Å²) in [5.41, 5.74) is 2.36. The molecule has 1 N–H and O–H groups in total. The van der Waals surface area contributed by atoms with Gasteiger partial charge in [0.25, 0.3) is 0 Å². The second kappa shape index (κ2) is 6.58. The molecule has 1 aromatic heterocycles. The summed E-state index contributed by atoms with van der Waals surface area (Å²) in [6.45, 7) is 4.31. The van der Waals surface area contributed by atoms with Crippen molar-refractivity contribution in [1.29, 1.82) is 0 Å². The van der Waals surface area contributed by atoms with Crippen molar-refractivity contribution in [2.75, 3.05) is 18.5 Å². The number of nitrogens with one attached hydrogen (secondary N) is 1. The summed E-state index contributed by atoms with van der Waals surface area (Å²) in [6.07, 6.45) is 3.81. The quantitative estimate of drug-likeness (QED) is 0.907. The Morgan fingerprint density at radius 2 is 2.14 bits per heavy atom. The number of benzene rings is 1. The van der Waals surface area contributed by atoms with Crippen LogP contribution in [0.5, 0.6) is 0 Å². The van der Waals surface area contributed by atoms with Gasteiger partial charge < -0.3 is 10.2 Å². The van der Waals surface area contributed by atoms with Gasteiger partial charge in [-0.1, -0.05) is 48.6 Å². The fourth-order valence-electron chi connectivity index (χ4n) is 3.08. The maximum Gasteiger partial charge on any atom is 0.186 e. The monoisotopic (exact) mass is 301 g/mol. The van der Waals surface area contributed by atoms with Crippen molar-refractivity contribution >= 4 is 16.5 Å². The Kier molecular flexibility index (Phi) is 4.56. The van der Waals surface area contributed by atoms with Gasteiger partial charge in [0, 0.05) is 29.6 Å². The lowest BCUT2D eigenvalue weighted by Crippen LogP contribution is -2.28. The first-order valence-electron chi connectivity index (χ1n) is 7.79. The molecule has 1 aliphatic rings. The van der Waals surface area contributed by atoms with Crippen LogP contribution in [-0.4, -0.2) is 24.6 Å². The number of hydrogen-bond acceptors (Lipinski definition) is 4. The van der Waals surface area contributed by atoms with E-state index < -0.39 is 0 Å². The number of nitrogens with zero attached hydrogens (tertiary/aromatic N) is 2. The molecule has 0 amide bonds. The summed E-state index contributed by atoms with van der Waals surface area (Å²) >= 11 is 1.85. The van der Waals surface area contributed by atoms with Crippen LogP contribution < -0.4 is 10.2 Å². The van der Waals surface area contributed by atoms with Crippen LogP contribution in [0.4, 0.5) is 5.13 Å². The number of rotatable bonds is 5. The summed E-state index contributed by atoms with van der Waals surface area (Å²) in [4.78, 5) is 8.83. The van der Waals surface area contributed by atoms with Crippen molar-refractivity contribution < 1.29 is 0 Å². The Bertz CT molecular complexity index is 579. The summed E-state index contributed by atoms with van der Waals surface area (Å²) in [6, 6.07) is 11.2. The molecular formula is C17H23N3S. The minimum Gasteiger partial charge on any atom is -0.345 e. The van der Waals surface area contributed by atoms with Gasteiger partial charge in [-0.05, 0) is 26.3 Å². The van der Waals surface area contributed by atoms with Gasteiger partial charge in [0.2, 0.25) is 0 Å². The number of thiazole rings is 1. The van der Waals surface area contributed by atoms with Gasteiger partial charge in [-0.2, -0.15) is 0 Å². The fourth-order valence-corrected chi connectivity index (χ4v) is 4.27. The van der Waals surface area contributed by atoms with Crippen molar-refractivity contribution in [1.82, 2.24) is 10.3 Å². The normalized spacial score (nSPS) is 18.4. The standard InChI is InChI=1S/C17H23N3S/c1-3-14-10-7-11-20(14)17-19-16(15(21-17)12-18-2)13-8-5-4-6-9-13/h4-6,8-9,14,18H,3,7,10-12H2,1-2H3. The predicted octanol–water partition coefficient (Wildman–Crippen LogP) is 3.91. The molecular weight excluding hydrogens is 278 g/mol. The Hall–Kier alpha value is -1.39. The van der Waals surface area contributed by atoms with Crippen molar-refractivity contribution in [2.24, 2.45) is 0 Å². The highest BCUT2D eigenvalue weighted by Crippen LogP contribution is 2.36. The topological polar surface area (TPSA) is 28.2 Å². The molecule has 21 heavy (non-hydrogen) atoms. The third-order valence-corrected chi connectivity index (χ3v) is 5.26. The lowest BCUT2D eigenvalue weighted by atomic mass is 10.1. The first kappa shape index (κ1) is 14.5. The first-order valence-corrected chi connectivity index (χ1v) is 8.61. The number of hydrogen-bond donors (Lipinski definition) is 1. The van der Waals surface area contributed by atoms with Gasteiger partial charge in [-0.15, -0.1) is 0 Å². The van der Waals surface area contributed by atoms with E-state index in [1.54, 1.807) is 0 Å². The maximum absolute atomic E-state index is 4.98. The third kappa shape index (κ3) is 2.97. The van der Waals surface area contributed by atoms with Crippen molar-refractivity contribution in [3.05, 3.63) is 35.2 Å². The molecule has 112 valence electrons. The van der Waals surface area contributed by atoms with Crippen molar-refractivity contribution in [3.8, 4) is 11.3 Å². The van der Waals surface area contributed by atoms with Crippen LogP contribution in [0, 0.1) is 0 Å². The van der Waals surface area contributed by atoms with E-state index in [0.717, 1.165) is 18.8 Å². The molecule has 1 fully saturated rings. The van der Waals surface area contributed by atoms with Crippen molar-refractivity contribution in [2.45, 2.75) is 38.8 Å². The highest BCUT2D eigenvalue weighted by molar-refractivity contribution is 7.16. The van der Waals surface area contributed by atoms with E-state index in [1.807, 2.05) is 18.4 Å². The summed E-state index contributed by atoms with van der Waals surface area (Å²) < 4.78 is 0. The van der Waals surface area contributed by atoms with Gasteiger partial charge >= 0.3 is 0 Å². The SMILES string of the molecule is CCC1CCCN1c1nc(-c2ccccc2)c(CNC)s1. The second-order valence-electron chi connectivity index (χ2n) is 5.56. The number of anilines is 1. The van der Waals surface area contributed by atoms with Gasteiger partial charge in [-0.25, -0.2) is 4.98 Å². The molecule has 3 nitrogen and oxygen atoms in total. The van der Waals surface area contributed by atoms with E-state index in [4.69, 9.17) is 4.98 Å². The lowest BCUT2D eigenvalue weighted by Gasteiger charge is -2.22. The van der Waals surface area contributed by atoms with Crippen LogP contribution in [0.1, 0.15) is 31.1 Å². The third-order valence-electron chi connectivity index (χ3n) is 4.16. The van der Waals surface area contributed by atoms with E-state index in [9.17, 15) is 0 Å². The van der Waals surface area contributed by atoms with Crippen LogP contribution in [0.2, 0.25) is 0 Å². The van der Waals surface area contributed by atoms with E-state index in [0.29, 0.717) is 6.04 Å². The second-order valence-corrected chi connectivity index (χ2v) is 6.62. The highest BCUT2D eigenvalue weighted by Gasteiger charge is 2.26. The highest BCUT2D eigenvalue weighted by atomic mass is 32.1. The molecule has 1 aliphatic heterocycles. The Morgan fingerprint density at radius 1 is 1.33 bits per heavy atom. The smallest absolute Gasteiger partial charge is 0.186 e. The molecule has 0 bridgehead atoms. The molecule has 1 unspecified atom stereocenters. The molecule has 1 atom stereocenters. The maximum atomic E-state index is 4.98. The number of aromatic nitrogens is 1. The average molecular weight is 301 g/mol. The van der Waals surface area contributed by atoms with Gasteiger partial charge in [-0.3, -0.25) is 0 Å². The predicted molar refractivity (Wildman–Crippen MR) is 91.0 cm³/mol. The summed E-state index contributed by atoms with van der Waals surface area (Å²) in [5.74, 6) is 0. The van der Waals surface area contributed by atoms with Crippen LogP contribution in [0.25, 0.3) is 11.3 Å². The largest absolute Gasteiger partial charge is 0.345 e. The molecule has 0 spiro atoms. The molecule has 3 rings (SSSR count). The van der Waals surface area contributed by atoms with Crippen LogP contribution in [-0.2, 0) is 6.54 Å². The van der Waals surface area contributed by atoms with Crippen LogP contribution in [0.3, 0.4) is 0 Å². The van der Waals surface area contributed by atoms with Crippen LogP contribution >= 0.6 is 11.3 Å². The summed E-state index contributed by atoms with van der Waals surface area (Å²) in [7, 11) is 2.00. The molecule has 0 radical (unpaired) electrons. The molecule has 2 aromatic rings. The Balaban J connectivity index is 1.96. The molecule has 1 aromatic carbocycles. The molecule has 4 heteroatoms. The van der Waals surface area contributed by atoms with E-state index in [1.165, 1.54) is 34.8 Å². The molecule has 0 saturated carbocycles. The minimum absolute atomic E-state index is 0.669. The fraction of sp³-hybridized carbons (Fsp3) is 0.471. The zero-order valence-corrected chi connectivity index (χ0v) is 13.6. The first-order chi connectivity index (χ1) is 10.3. The zero-order chi connectivity index (χ0) is 14.7. The summed E-state index contributed by atoms with van der Waals surface area (Å²) in [5, 5.41) is 4.47. The zero-order valence-electron chi connectivity index (χ0n) is 12.8. The Labute approximate surface area is 131 Å². The van der Waals surface area contributed by atoms with E-state index in [-0.39, 0.29) is 0 Å². The van der Waals surface area contributed by atoms with E-state index >= 15 is 0 Å². The molecule has 1 saturated heterocycles.